The second-order valence-corrected chi connectivity index (χ2v) is 6.50. The van der Waals surface area contributed by atoms with Crippen molar-refractivity contribution in [3.8, 4) is 0 Å². The molecule has 20 heavy (non-hydrogen) atoms. The van der Waals surface area contributed by atoms with Crippen LogP contribution >= 0.6 is 0 Å². The smallest absolute Gasteiger partial charge is 0.337 e. The van der Waals surface area contributed by atoms with Gasteiger partial charge in [0.1, 0.15) is 6.10 Å². The van der Waals surface area contributed by atoms with E-state index >= 15 is 0 Å². The molecule has 0 aliphatic carbocycles. The molecule has 0 spiro atoms. The first-order valence-electron chi connectivity index (χ1n) is 6.29. The summed E-state index contributed by atoms with van der Waals surface area (Å²) in [5.41, 5.74) is 1.04. The molecule has 0 radical (unpaired) electrons. The first kappa shape index (κ1) is 15.4. The van der Waals surface area contributed by atoms with E-state index in [0.717, 1.165) is 12.7 Å². The molecule has 1 heterocycles. The molecule has 6 nitrogen and oxygen atoms in total. The van der Waals surface area contributed by atoms with Gasteiger partial charge in [0, 0.05) is 6.42 Å². The predicted octanol–water partition coefficient (Wildman–Crippen LogP) is 1.19. The van der Waals surface area contributed by atoms with E-state index in [1.807, 2.05) is 30.3 Å². The molecule has 0 bridgehead atoms. The van der Waals surface area contributed by atoms with Crippen molar-refractivity contribution in [2.75, 3.05) is 7.11 Å². The van der Waals surface area contributed by atoms with Crippen molar-refractivity contribution in [2.45, 2.75) is 38.4 Å². The highest BCUT2D eigenvalue weighted by Gasteiger charge is 2.43. The van der Waals surface area contributed by atoms with Crippen LogP contribution in [0.2, 0.25) is 0 Å². The molecule has 7 heteroatoms. The van der Waals surface area contributed by atoms with Crippen molar-refractivity contribution in [2.24, 2.45) is 0 Å². The minimum atomic E-state index is -3.83. The second kappa shape index (κ2) is 5.79. The van der Waals surface area contributed by atoms with Crippen molar-refractivity contribution in [1.29, 1.82) is 0 Å². The van der Waals surface area contributed by atoms with Gasteiger partial charge in [-0.15, -0.1) is 0 Å². The molecule has 1 saturated heterocycles. The van der Waals surface area contributed by atoms with Crippen molar-refractivity contribution in [1.82, 2.24) is 4.72 Å². The molecule has 2 atom stereocenters. The van der Waals surface area contributed by atoms with E-state index in [2.05, 4.69) is 8.91 Å². The molecule has 0 aromatic heterocycles. The molecular weight excluding hydrogens is 282 g/mol. The number of benzene rings is 1. The maximum atomic E-state index is 11.5. The average Bonchev–Trinajstić information content (AvgIpc) is 2.64. The van der Waals surface area contributed by atoms with Crippen LogP contribution in [-0.4, -0.2) is 33.6 Å². The van der Waals surface area contributed by atoms with E-state index < -0.39 is 28.4 Å². The number of rotatable bonds is 5. The van der Waals surface area contributed by atoms with Gasteiger partial charge in [0.2, 0.25) is 0 Å². The van der Waals surface area contributed by atoms with Gasteiger partial charge in [0.25, 0.3) is 0 Å². The van der Waals surface area contributed by atoms with E-state index in [1.54, 1.807) is 13.8 Å². The molecule has 0 saturated carbocycles. The lowest BCUT2D eigenvalue weighted by molar-refractivity contribution is -0.146. The molecule has 1 N–H and O–H groups in total. The van der Waals surface area contributed by atoms with Crippen molar-refractivity contribution >= 4 is 10.3 Å². The zero-order valence-corrected chi connectivity index (χ0v) is 12.5. The molecular formula is C13H19NO5S. The van der Waals surface area contributed by atoms with E-state index in [0.29, 0.717) is 6.42 Å². The Labute approximate surface area is 119 Å². The lowest BCUT2D eigenvalue weighted by Crippen LogP contribution is -2.42. The van der Waals surface area contributed by atoms with E-state index in [1.165, 1.54) is 0 Å². The molecule has 112 valence electrons. The first-order chi connectivity index (χ1) is 9.31. The van der Waals surface area contributed by atoms with Crippen LogP contribution in [0.4, 0.5) is 0 Å². The summed E-state index contributed by atoms with van der Waals surface area (Å²) in [4.78, 5) is 0. The van der Waals surface area contributed by atoms with Gasteiger partial charge in [0.15, 0.2) is 12.0 Å². The summed E-state index contributed by atoms with van der Waals surface area (Å²) < 4.78 is 41.0. The van der Waals surface area contributed by atoms with Crippen LogP contribution in [0.3, 0.4) is 0 Å². The van der Waals surface area contributed by atoms with Crippen molar-refractivity contribution < 1.29 is 22.1 Å². The standard InChI is InChI=1S/C13H19NO5S/c1-13(2)18-11(9-10-7-5-4-6-8-10)12(19-13)14-20(15,16)17-3/h4-8,11-12,14H,9H2,1-3H3/t11-,12-/m1/s1. The van der Waals surface area contributed by atoms with Crippen LogP contribution in [0.15, 0.2) is 30.3 Å². The van der Waals surface area contributed by atoms with Crippen molar-refractivity contribution in [3.63, 3.8) is 0 Å². The molecule has 1 aliphatic rings. The number of hydrogen-bond acceptors (Lipinski definition) is 5. The Morgan fingerprint density at radius 1 is 1.25 bits per heavy atom. The van der Waals surface area contributed by atoms with Crippen LogP contribution in [0.5, 0.6) is 0 Å². The molecule has 1 aliphatic heterocycles. The summed E-state index contributed by atoms with van der Waals surface area (Å²) in [7, 11) is -2.74. The minimum Gasteiger partial charge on any atom is -0.343 e. The number of ether oxygens (including phenoxy) is 2. The van der Waals surface area contributed by atoms with Crippen LogP contribution in [-0.2, 0) is 30.4 Å². The number of hydrogen-bond donors (Lipinski definition) is 1. The lowest BCUT2D eigenvalue weighted by atomic mass is 10.1. The molecule has 2 rings (SSSR count). The van der Waals surface area contributed by atoms with Gasteiger partial charge in [-0.2, -0.15) is 13.1 Å². The fourth-order valence-corrected chi connectivity index (χ4v) is 2.70. The number of nitrogens with one attached hydrogen (secondary N) is 1. The molecule has 1 fully saturated rings. The monoisotopic (exact) mass is 301 g/mol. The van der Waals surface area contributed by atoms with Gasteiger partial charge in [-0.25, -0.2) is 0 Å². The van der Waals surface area contributed by atoms with Gasteiger partial charge < -0.3 is 9.47 Å². The van der Waals surface area contributed by atoms with E-state index in [9.17, 15) is 8.42 Å². The fourth-order valence-electron chi connectivity index (χ4n) is 2.12. The van der Waals surface area contributed by atoms with Crippen LogP contribution in [0.25, 0.3) is 0 Å². The van der Waals surface area contributed by atoms with Crippen LogP contribution < -0.4 is 4.72 Å². The summed E-state index contributed by atoms with van der Waals surface area (Å²) in [6.45, 7) is 3.48. The zero-order chi connectivity index (χ0) is 14.8. The minimum absolute atomic E-state index is 0.419. The quantitative estimate of drug-likeness (QED) is 0.884. The first-order valence-corrected chi connectivity index (χ1v) is 7.69. The lowest BCUT2D eigenvalue weighted by Gasteiger charge is -2.17. The molecule has 0 unspecified atom stereocenters. The Kier molecular flexibility index (Phi) is 4.46. The largest absolute Gasteiger partial charge is 0.343 e. The Morgan fingerprint density at radius 2 is 1.90 bits per heavy atom. The Hall–Kier alpha value is -0.990. The van der Waals surface area contributed by atoms with Gasteiger partial charge in [-0.05, 0) is 19.4 Å². The SMILES string of the molecule is COS(=O)(=O)N[C@@H]1OC(C)(C)O[C@@H]1Cc1ccccc1. The second-order valence-electron chi connectivity index (χ2n) is 5.02. The third-order valence-corrected chi connectivity index (χ3v) is 3.90. The summed E-state index contributed by atoms with van der Waals surface area (Å²) in [5.74, 6) is -0.847. The third kappa shape index (κ3) is 4.00. The van der Waals surface area contributed by atoms with Crippen LogP contribution in [0, 0.1) is 0 Å². The molecule has 1 aromatic rings. The van der Waals surface area contributed by atoms with Crippen LogP contribution in [0.1, 0.15) is 19.4 Å². The average molecular weight is 301 g/mol. The predicted molar refractivity (Wildman–Crippen MR) is 73.0 cm³/mol. The Balaban J connectivity index is 2.12. The molecule has 0 amide bonds. The fraction of sp³-hybridized carbons (Fsp3) is 0.538. The maximum absolute atomic E-state index is 11.5. The Bertz CT molecular complexity index is 543. The van der Waals surface area contributed by atoms with Gasteiger partial charge >= 0.3 is 10.3 Å². The Morgan fingerprint density at radius 3 is 2.50 bits per heavy atom. The summed E-state index contributed by atoms with van der Waals surface area (Å²) in [6, 6.07) is 9.67. The van der Waals surface area contributed by atoms with E-state index in [4.69, 9.17) is 9.47 Å². The normalized spacial score (nSPS) is 25.8. The van der Waals surface area contributed by atoms with E-state index in [-0.39, 0.29) is 0 Å². The summed E-state index contributed by atoms with van der Waals surface area (Å²) >= 11 is 0. The van der Waals surface area contributed by atoms with Gasteiger partial charge in [-0.3, -0.25) is 4.18 Å². The highest BCUT2D eigenvalue weighted by molar-refractivity contribution is 7.84. The van der Waals surface area contributed by atoms with Gasteiger partial charge in [0.05, 0.1) is 7.11 Å². The van der Waals surface area contributed by atoms with Crippen molar-refractivity contribution in [3.05, 3.63) is 35.9 Å². The van der Waals surface area contributed by atoms with Gasteiger partial charge in [-0.1, -0.05) is 30.3 Å². The maximum Gasteiger partial charge on any atom is 0.337 e. The topological polar surface area (TPSA) is 73.9 Å². The third-order valence-electron chi connectivity index (χ3n) is 2.94. The summed E-state index contributed by atoms with van der Waals surface area (Å²) in [5, 5.41) is 0. The highest BCUT2D eigenvalue weighted by atomic mass is 32.2. The zero-order valence-electron chi connectivity index (χ0n) is 11.7. The summed E-state index contributed by atoms with van der Waals surface area (Å²) in [6.07, 6.45) is -0.659. The molecule has 1 aromatic carbocycles. The highest BCUT2D eigenvalue weighted by Crippen LogP contribution is 2.29.